The van der Waals surface area contributed by atoms with Gasteiger partial charge in [0.05, 0.1) is 0 Å². The molecule has 5 heteroatoms. The molecule has 96 valence electrons. The van der Waals surface area contributed by atoms with Crippen LogP contribution in [0.3, 0.4) is 0 Å². The molecule has 0 aliphatic carbocycles. The lowest BCUT2D eigenvalue weighted by Crippen LogP contribution is -2.14. The van der Waals surface area contributed by atoms with Gasteiger partial charge in [-0.3, -0.25) is 0 Å². The van der Waals surface area contributed by atoms with Crippen LogP contribution < -0.4 is 5.32 Å². The van der Waals surface area contributed by atoms with Gasteiger partial charge in [0, 0.05) is 30.9 Å². The number of aromatic nitrogens is 1. The van der Waals surface area contributed by atoms with Crippen molar-refractivity contribution in [3.63, 3.8) is 0 Å². The molecule has 0 aliphatic heterocycles. The lowest BCUT2D eigenvalue weighted by molar-refractivity contribution is 0.560. The number of hydrogen-bond donors (Lipinski definition) is 1. The average molecular weight is 259 g/mol. The van der Waals surface area contributed by atoms with E-state index in [1.54, 1.807) is 18.3 Å². The Hall–Kier alpha value is -2.32. The first-order valence-electron chi connectivity index (χ1n) is 5.68. The van der Waals surface area contributed by atoms with Crippen LogP contribution in [0.2, 0.25) is 0 Å². The summed E-state index contributed by atoms with van der Waals surface area (Å²) in [5.41, 5.74) is 1.62. The lowest BCUT2D eigenvalue weighted by atomic mass is 10.2. The number of nitrogens with zero attached hydrogens (tertiary/aromatic N) is 2. The van der Waals surface area contributed by atoms with Gasteiger partial charge in [0.2, 0.25) is 0 Å². The Morgan fingerprint density at radius 2 is 2.00 bits per heavy atom. The average Bonchev–Trinajstić information content (AvgIpc) is 2.41. The zero-order valence-corrected chi connectivity index (χ0v) is 10.0. The summed E-state index contributed by atoms with van der Waals surface area (Å²) in [6, 6.07) is 8.87. The Balaban J connectivity index is 1.94. The highest BCUT2D eigenvalue weighted by molar-refractivity contribution is 5.25. The fourth-order valence-electron chi connectivity index (χ4n) is 1.65. The van der Waals surface area contributed by atoms with E-state index in [4.69, 9.17) is 5.26 Å². The molecule has 3 nitrogen and oxygen atoms in total. The number of benzene rings is 1. The Morgan fingerprint density at radius 3 is 2.74 bits per heavy atom. The summed E-state index contributed by atoms with van der Waals surface area (Å²) >= 11 is 0. The summed E-state index contributed by atoms with van der Waals surface area (Å²) in [6.07, 6.45) is 1.55. The number of nitriles is 1. The molecule has 0 saturated heterocycles. The molecule has 0 saturated carbocycles. The normalized spacial score (nSPS) is 10.2. The van der Waals surface area contributed by atoms with Crippen molar-refractivity contribution < 1.29 is 8.78 Å². The third-order valence-electron chi connectivity index (χ3n) is 2.60. The molecule has 0 bridgehead atoms. The maximum Gasteiger partial charge on any atom is 0.140 e. The van der Waals surface area contributed by atoms with Crippen LogP contribution in [0.1, 0.15) is 16.8 Å². The molecule has 2 aromatic rings. The van der Waals surface area contributed by atoms with Crippen LogP contribution in [-0.2, 0) is 13.1 Å². The summed E-state index contributed by atoms with van der Waals surface area (Å²) in [7, 11) is 0. The minimum atomic E-state index is -0.589. The summed E-state index contributed by atoms with van der Waals surface area (Å²) in [5.74, 6) is -1.16. The van der Waals surface area contributed by atoms with E-state index in [0.717, 1.165) is 11.6 Å². The van der Waals surface area contributed by atoms with Gasteiger partial charge in [-0.1, -0.05) is 6.07 Å². The molecule has 1 N–H and O–H groups in total. The monoisotopic (exact) mass is 259 g/mol. The largest absolute Gasteiger partial charge is 0.309 e. The van der Waals surface area contributed by atoms with Crippen LogP contribution in [-0.4, -0.2) is 4.98 Å². The molecule has 2 rings (SSSR count). The second-order valence-electron chi connectivity index (χ2n) is 4.00. The summed E-state index contributed by atoms with van der Waals surface area (Å²) in [5, 5.41) is 11.7. The van der Waals surface area contributed by atoms with Gasteiger partial charge in [-0.25, -0.2) is 13.8 Å². The number of nitrogens with one attached hydrogen (secondary N) is 1. The van der Waals surface area contributed by atoms with Crippen LogP contribution >= 0.6 is 0 Å². The van der Waals surface area contributed by atoms with Gasteiger partial charge in [0.1, 0.15) is 23.4 Å². The van der Waals surface area contributed by atoms with E-state index < -0.39 is 11.6 Å². The van der Waals surface area contributed by atoms with E-state index in [9.17, 15) is 8.78 Å². The van der Waals surface area contributed by atoms with E-state index in [-0.39, 0.29) is 6.54 Å². The predicted molar refractivity (Wildman–Crippen MR) is 65.9 cm³/mol. The first-order chi connectivity index (χ1) is 9.19. The molecule has 1 aromatic carbocycles. The topological polar surface area (TPSA) is 48.7 Å². The van der Waals surface area contributed by atoms with Crippen molar-refractivity contribution in [3.05, 3.63) is 65.0 Å². The van der Waals surface area contributed by atoms with Crippen LogP contribution in [0, 0.1) is 23.0 Å². The van der Waals surface area contributed by atoms with Crippen molar-refractivity contribution in [1.82, 2.24) is 10.3 Å². The molecule has 0 fully saturated rings. The quantitative estimate of drug-likeness (QED) is 0.917. The maximum absolute atomic E-state index is 13.4. The second kappa shape index (κ2) is 6.03. The molecular weight excluding hydrogens is 248 g/mol. The molecule has 0 atom stereocenters. The fraction of sp³-hybridized carbons (Fsp3) is 0.143. The van der Waals surface area contributed by atoms with Crippen molar-refractivity contribution >= 4 is 0 Å². The molecule has 0 radical (unpaired) electrons. The highest BCUT2D eigenvalue weighted by atomic mass is 19.1. The van der Waals surface area contributed by atoms with Gasteiger partial charge >= 0.3 is 0 Å². The molecule has 19 heavy (non-hydrogen) atoms. The van der Waals surface area contributed by atoms with Crippen LogP contribution in [0.25, 0.3) is 0 Å². The van der Waals surface area contributed by atoms with E-state index in [1.165, 1.54) is 12.1 Å². The van der Waals surface area contributed by atoms with E-state index in [2.05, 4.69) is 10.3 Å². The van der Waals surface area contributed by atoms with Gasteiger partial charge in [0.25, 0.3) is 0 Å². The van der Waals surface area contributed by atoms with Crippen LogP contribution in [0.5, 0.6) is 0 Å². The maximum atomic E-state index is 13.4. The Kier molecular flexibility index (Phi) is 4.16. The van der Waals surface area contributed by atoms with Crippen molar-refractivity contribution in [2.24, 2.45) is 0 Å². The Morgan fingerprint density at radius 1 is 1.16 bits per heavy atom. The second-order valence-corrected chi connectivity index (χ2v) is 4.00. The van der Waals surface area contributed by atoms with Crippen molar-refractivity contribution in [2.45, 2.75) is 13.1 Å². The van der Waals surface area contributed by atoms with Gasteiger partial charge < -0.3 is 5.32 Å². The van der Waals surface area contributed by atoms with Gasteiger partial charge in [0.15, 0.2) is 0 Å². The summed E-state index contributed by atoms with van der Waals surface area (Å²) in [4.78, 5) is 3.86. The Bertz CT molecular complexity index is 620. The minimum Gasteiger partial charge on any atom is -0.309 e. The third-order valence-corrected chi connectivity index (χ3v) is 2.60. The number of halogens is 2. The molecular formula is C14H11F2N3. The third kappa shape index (κ3) is 3.57. The molecule has 1 heterocycles. The minimum absolute atomic E-state index is 0.288. The number of pyridine rings is 1. The van der Waals surface area contributed by atoms with Crippen molar-refractivity contribution in [2.75, 3.05) is 0 Å². The van der Waals surface area contributed by atoms with E-state index >= 15 is 0 Å². The number of rotatable bonds is 4. The summed E-state index contributed by atoms with van der Waals surface area (Å²) in [6.45, 7) is 0.768. The zero-order chi connectivity index (χ0) is 13.7. The predicted octanol–water partition coefficient (Wildman–Crippen LogP) is 2.52. The fourth-order valence-corrected chi connectivity index (χ4v) is 1.65. The SMILES string of the molecule is N#Cc1cc(CNCc2ccc(F)cc2F)ccn1. The van der Waals surface area contributed by atoms with Crippen LogP contribution in [0.15, 0.2) is 36.5 Å². The lowest BCUT2D eigenvalue weighted by Gasteiger charge is -2.06. The highest BCUT2D eigenvalue weighted by Gasteiger charge is 2.03. The first-order valence-corrected chi connectivity index (χ1v) is 5.68. The van der Waals surface area contributed by atoms with Crippen LogP contribution in [0.4, 0.5) is 8.78 Å². The first kappa shape index (κ1) is 13.1. The van der Waals surface area contributed by atoms with Gasteiger partial charge in [-0.15, -0.1) is 0 Å². The standard InChI is InChI=1S/C14H11F2N3/c15-12-2-1-11(14(16)6-12)9-18-8-10-3-4-19-13(5-10)7-17/h1-6,18H,8-9H2. The van der Waals surface area contributed by atoms with Gasteiger partial charge in [-0.2, -0.15) is 5.26 Å². The smallest absolute Gasteiger partial charge is 0.140 e. The van der Waals surface area contributed by atoms with Gasteiger partial charge in [-0.05, 0) is 23.8 Å². The van der Waals surface area contributed by atoms with Crippen molar-refractivity contribution in [1.29, 1.82) is 5.26 Å². The number of hydrogen-bond acceptors (Lipinski definition) is 3. The molecule has 0 aliphatic rings. The molecule has 0 unspecified atom stereocenters. The zero-order valence-electron chi connectivity index (χ0n) is 10.0. The molecule has 0 amide bonds. The molecule has 0 spiro atoms. The van der Waals surface area contributed by atoms with E-state index in [1.807, 2.05) is 6.07 Å². The van der Waals surface area contributed by atoms with E-state index in [0.29, 0.717) is 17.8 Å². The summed E-state index contributed by atoms with van der Waals surface area (Å²) < 4.78 is 26.1. The Labute approximate surface area is 109 Å². The van der Waals surface area contributed by atoms with Crippen molar-refractivity contribution in [3.8, 4) is 6.07 Å². The highest BCUT2D eigenvalue weighted by Crippen LogP contribution is 2.09. The molecule has 1 aromatic heterocycles.